The number of nitrogens with one attached hydrogen (secondary N) is 2. The van der Waals surface area contributed by atoms with E-state index < -0.39 is 35.3 Å². The van der Waals surface area contributed by atoms with Crippen LogP contribution in [-0.2, 0) is 18.9 Å². The summed E-state index contributed by atoms with van der Waals surface area (Å²) in [6.45, 7) is -0.104. The van der Waals surface area contributed by atoms with Gasteiger partial charge in [0, 0.05) is 35.8 Å². The third-order valence-electron chi connectivity index (χ3n) is 6.72. The number of carbonyl (C=O) groups is 2. The Morgan fingerprint density at radius 1 is 0.689 bits per heavy atom. The predicted molar refractivity (Wildman–Crippen MR) is 157 cm³/mol. The van der Waals surface area contributed by atoms with Crippen molar-refractivity contribution < 1.29 is 35.9 Å². The number of hydrogen-bond acceptors (Lipinski definition) is 5. The summed E-state index contributed by atoms with van der Waals surface area (Å²) >= 11 is 0. The molecule has 7 nitrogen and oxygen atoms in total. The molecular weight excluding hydrogens is 600 g/mol. The molecule has 0 aliphatic rings. The molecule has 0 unspecified atom stereocenters. The standard InChI is InChI=1S/C32H23F6N5O2/c1-43(24-16-22(31(33,34)35)15-23(17-24)32(36,37)38)18-19-12-13-26-25(14-19)27(40-28(44)20-8-4-2-5-9-20)41-30(39-26)42-29(45)21-10-6-3-7-11-21/h2-17H,18H2,1H3,(H2,39,40,41,42,44,45). The molecule has 0 saturated heterocycles. The Hall–Kier alpha value is -5.46. The van der Waals surface area contributed by atoms with Gasteiger partial charge in [-0.2, -0.15) is 31.3 Å². The molecule has 5 aromatic rings. The van der Waals surface area contributed by atoms with Gasteiger partial charge in [0.05, 0.1) is 16.6 Å². The van der Waals surface area contributed by atoms with Crippen LogP contribution in [0.15, 0.2) is 97.1 Å². The number of alkyl halides is 6. The van der Waals surface area contributed by atoms with Gasteiger partial charge in [-0.3, -0.25) is 14.9 Å². The lowest BCUT2D eigenvalue weighted by atomic mass is 10.1. The third-order valence-corrected chi connectivity index (χ3v) is 6.72. The number of amides is 2. The van der Waals surface area contributed by atoms with Crippen LogP contribution in [0, 0.1) is 0 Å². The molecule has 2 amide bonds. The highest BCUT2D eigenvalue weighted by molar-refractivity contribution is 6.09. The minimum Gasteiger partial charge on any atom is -0.370 e. The Morgan fingerprint density at radius 2 is 1.22 bits per heavy atom. The van der Waals surface area contributed by atoms with E-state index in [0.29, 0.717) is 39.7 Å². The zero-order valence-corrected chi connectivity index (χ0v) is 23.4. The van der Waals surface area contributed by atoms with Crippen molar-refractivity contribution in [3.63, 3.8) is 0 Å². The van der Waals surface area contributed by atoms with Crippen LogP contribution in [0.25, 0.3) is 10.9 Å². The van der Waals surface area contributed by atoms with Crippen molar-refractivity contribution in [3.05, 3.63) is 125 Å². The van der Waals surface area contributed by atoms with Crippen molar-refractivity contribution in [1.82, 2.24) is 9.97 Å². The van der Waals surface area contributed by atoms with Crippen molar-refractivity contribution >= 4 is 40.2 Å². The maximum absolute atomic E-state index is 13.4. The number of aromatic nitrogens is 2. The van der Waals surface area contributed by atoms with E-state index in [-0.39, 0.29) is 30.1 Å². The van der Waals surface area contributed by atoms with Gasteiger partial charge in [-0.15, -0.1) is 0 Å². The second kappa shape index (κ2) is 12.3. The summed E-state index contributed by atoms with van der Waals surface area (Å²) in [5, 5.41) is 5.63. The smallest absolute Gasteiger partial charge is 0.370 e. The highest BCUT2D eigenvalue weighted by atomic mass is 19.4. The topological polar surface area (TPSA) is 87.2 Å². The van der Waals surface area contributed by atoms with Crippen molar-refractivity contribution in [1.29, 1.82) is 0 Å². The minimum absolute atomic E-state index is 0.0279. The predicted octanol–water partition coefficient (Wildman–Crippen LogP) is 7.81. The van der Waals surface area contributed by atoms with Gasteiger partial charge in [-0.25, -0.2) is 4.98 Å². The van der Waals surface area contributed by atoms with E-state index in [1.807, 2.05) is 0 Å². The quantitative estimate of drug-likeness (QED) is 0.181. The number of rotatable bonds is 7. The Bertz CT molecular complexity index is 1830. The molecule has 0 aliphatic carbocycles. The number of anilines is 3. The fourth-order valence-corrected chi connectivity index (χ4v) is 4.48. The van der Waals surface area contributed by atoms with Crippen LogP contribution in [0.2, 0.25) is 0 Å². The number of carbonyl (C=O) groups excluding carboxylic acids is 2. The first-order chi connectivity index (χ1) is 21.3. The Kier molecular flexibility index (Phi) is 8.45. The van der Waals surface area contributed by atoms with Gasteiger partial charge in [0.25, 0.3) is 11.8 Å². The molecule has 13 heteroatoms. The maximum atomic E-state index is 13.4. The Balaban J connectivity index is 1.51. The van der Waals surface area contributed by atoms with Crippen molar-refractivity contribution in [3.8, 4) is 0 Å². The zero-order chi connectivity index (χ0) is 32.4. The van der Waals surface area contributed by atoms with Crippen molar-refractivity contribution in [2.75, 3.05) is 22.6 Å². The van der Waals surface area contributed by atoms with Gasteiger partial charge in [0.1, 0.15) is 5.82 Å². The molecule has 4 aromatic carbocycles. The molecule has 0 saturated carbocycles. The first-order valence-electron chi connectivity index (χ1n) is 13.3. The molecule has 0 aliphatic heterocycles. The van der Waals surface area contributed by atoms with Gasteiger partial charge in [0.2, 0.25) is 5.95 Å². The summed E-state index contributed by atoms with van der Waals surface area (Å²) in [6.07, 6.45) is -9.98. The van der Waals surface area contributed by atoms with Gasteiger partial charge in [-0.05, 0) is 60.2 Å². The molecule has 0 fully saturated rings. The van der Waals surface area contributed by atoms with E-state index >= 15 is 0 Å². The molecule has 230 valence electrons. The van der Waals surface area contributed by atoms with Crippen LogP contribution in [0.5, 0.6) is 0 Å². The van der Waals surface area contributed by atoms with E-state index in [9.17, 15) is 35.9 Å². The number of benzene rings is 4. The third kappa shape index (κ3) is 7.37. The van der Waals surface area contributed by atoms with Crippen LogP contribution in [0.3, 0.4) is 0 Å². The zero-order valence-electron chi connectivity index (χ0n) is 23.4. The second-order valence-corrected chi connectivity index (χ2v) is 10.0. The van der Waals surface area contributed by atoms with Crippen LogP contribution >= 0.6 is 0 Å². The summed E-state index contributed by atoms with van der Waals surface area (Å²) in [5.74, 6) is -1.08. The average molecular weight is 624 g/mol. The molecule has 0 spiro atoms. The lowest BCUT2D eigenvalue weighted by molar-refractivity contribution is -0.143. The summed E-state index contributed by atoms with van der Waals surface area (Å²) in [4.78, 5) is 35.8. The van der Waals surface area contributed by atoms with Crippen molar-refractivity contribution in [2.24, 2.45) is 0 Å². The Morgan fingerprint density at radius 3 is 1.76 bits per heavy atom. The van der Waals surface area contributed by atoms with Crippen LogP contribution in [-0.4, -0.2) is 28.8 Å². The summed E-state index contributed by atoms with van der Waals surface area (Å²) in [7, 11) is 1.36. The fourth-order valence-electron chi connectivity index (χ4n) is 4.48. The number of nitrogens with zero attached hydrogens (tertiary/aromatic N) is 3. The summed E-state index contributed by atoms with van der Waals surface area (Å²) in [6, 6.07) is 22.6. The highest BCUT2D eigenvalue weighted by Gasteiger charge is 2.37. The highest BCUT2D eigenvalue weighted by Crippen LogP contribution is 2.38. The van der Waals surface area contributed by atoms with Gasteiger partial charge < -0.3 is 10.2 Å². The van der Waals surface area contributed by atoms with Gasteiger partial charge >= 0.3 is 12.4 Å². The molecule has 5 rings (SSSR count). The normalized spacial score (nSPS) is 11.7. The van der Waals surface area contributed by atoms with Crippen LogP contribution in [0.4, 0.5) is 43.8 Å². The molecule has 0 atom stereocenters. The first kappa shape index (κ1) is 31.0. The van der Waals surface area contributed by atoms with E-state index in [4.69, 9.17) is 0 Å². The van der Waals surface area contributed by atoms with E-state index in [1.54, 1.807) is 78.9 Å². The molecule has 0 radical (unpaired) electrons. The van der Waals surface area contributed by atoms with Crippen LogP contribution in [0.1, 0.15) is 37.4 Å². The maximum Gasteiger partial charge on any atom is 0.416 e. The fraction of sp³-hybridized carbons (Fsp3) is 0.125. The lowest BCUT2D eigenvalue weighted by Gasteiger charge is -2.23. The Labute approximate surface area is 252 Å². The van der Waals surface area contributed by atoms with Crippen LogP contribution < -0.4 is 15.5 Å². The number of fused-ring (bicyclic) bond motifs is 1. The minimum atomic E-state index is -4.99. The lowest BCUT2D eigenvalue weighted by Crippen LogP contribution is -2.20. The van der Waals surface area contributed by atoms with Crippen molar-refractivity contribution in [2.45, 2.75) is 18.9 Å². The molecule has 1 aromatic heterocycles. The SMILES string of the molecule is CN(Cc1ccc2nc(NC(=O)c3ccccc3)nc(NC(=O)c3ccccc3)c2c1)c1cc(C(F)(F)F)cc(C(F)(F)F)c1. The number of halogens is 6. The van der Waals surface area contributed by atoms with E-state index in [0.717, 1.165) is 0 Å². The second-order valence-electron chi connectivity index (χ2n) is 10.0. The largest absolute Gasteiger partial charge is 0.416 e. The summed E-state index contributed by atoms with van der Waals surface area (Å²) in [5.41, 5.74) is -1.72. The van der Waals surface area contributed by atoms with Gasteiger partial charge in [-0.1, -0.05) is 42.5 Å². The van der Waals surface area contributed by atoms with E-state index in [2.05, 4.69) is 20.6 Å². The first-order valence-corrected chi connectivity index (χ1v) is 13.3. The molecule has 45 heavy (non-hydrogen) atoms. The number of hydrogen-bond donors (Lipinski definition) is 2. The average Bonchev–Trinajstić information content (AvgIpc) is 3.01. The molecule has 0 bridgehead atoms. The van der Waals surface area contributed by atoms with E-state index in [1.165, 1.54) is 11.9 Å². The molecule has 2 N–H and O–H groups in total. The monoisotopic (exact) mass is 623 g/mol. The van der Waals surface area contributed by atoms with Gasteiger partial charge in [0.15, 0.2) is 0 Å². The summed E-state index contributed by atoms with van der Waals surface area (Å²) < 4.78 is 80.5. The molecule has 1 heterocycles. The molecular formula is C32H23F6N5O2.